The zero-order valence-electron chi connectivity index (χ0n) is 11.3. The van der Waals surface area contributed by atoms with E-state index < -0.39 is 4.92 Å². The second-order valence-corrected chi connectivity index (χ2v) is 4.48. The van der Waals surface area contributed by atoms with Crippen LogP contribution in [-0.4, -0.2) is 21.9 Å². The van der Waals surface area contributed by atoms with Gasteiger partial charge in [0.15, 0.2) is 5.69 Å². The van der Waals surface area contributed by atoms with Crippen molar-refractivity contribution in [2.24, 2.45) is 0 Å². The van der Waals surface area contributed by atoms with E-state index in [1.807, 2.05) is 24.3 Å². The monoisotopic (exact) mass is 280 g/mol. The van der Waals surface area contributed by atoms with Gasteiger partial charge in [-0.2, -0.15) is 0 Å². The van der Waals surface area contributed by atoms with Crippen molar-refractivity contribution in [1.29, 1.82) is 0 Å². The molecule has 1 N–H and O–H groups in total. The smallest absolute Gasteiger partial charge is 0.295 e. The molecule has 0 saturated carbocycles. The van der Waals surface area contributed by atoms with E-state index in [4.69, 9.17) is 0 Å². The maximum absolute atomic E-state index is 11.2. The summed E-state index contributed by atoms with van der Waals surface area (Å²) in [6.45, 7) is 0. The highest BCUT2D eigenvalue weighted by atomic mass is 16.6. The fourth-order valence-electron chi connectivity index (χ4n) is 2.17. The van der Waals surface area contributed by atoms with E-state index in [1.165, 1.54) is 6.07 Å². The Morgan fingerprint density at radius 2 is 2.05 bits per heavy atom. The molecule has 0 unspecified atom stereocenters. The van der Waals surface area contributed by atoms with Gasteiger partial charge in [0.1, 0.15) is 5.82 Å². The number of hydrogen-bond donors (Lipinski definition) is 1. The minimum Gasteiger partial charge on any atom is -0.373 e. The van der Waals surface area contributed by atoms with E-state index in [1.54, 1.807) is 25.4 Å². The Labute approximate surface area is 120 Å². The highest BCUT2D eigenvalue weighted by Crippen LogP contribution is 2.30. The lowest BCUT2D eigenvalue weighted by atomic mass is 10.1. The molecular formula is C15H12N4O2. The number of pyridine rings is 2. The van der Waals surface area contributed by atoms with Crippen molar-refractivity contribution in [2.75, 3.05) is 12.4 Å². The van der Waals surface area contributed by atoms with E-state index in [0.717, 1.165) is 10.9 Å². The zero-order chi connectivity index (χ0) is 14.8. The lowest BCUT2D eigenvalue weighted by Crippen LogP contribution is -1.99. The van der Waals surface area contributed by atoms with Crippen molar-refractivity contribution < 1.29 is 4.92 Å². The highest BCUT2D eigenvalue weighted by Gasteiger charge is 2.17. The third-order valence-electron chi connectivity index (χ3n) is 3.20. The molecule has 0 atom stereocenters. The fraction of sp³-hybridized carbons (Fsp3) is 0.0667. The summed E-state index contributed by atoms with van der Waals surface area (Å²) in [7, 11) is 1.72. The van der Waals surface area contributed by atoms with Crippen molar-refractivity contribution in [2.45, 2.75) is 0 Å². The quantitative estimate of drug-likeness (QED) is 0.588. The molecule has 1 aromatic carbocycles. The van der Waals surface area contributed by atoms with E-state index in [0.29, 0.717) is 17.1 Å². The summed E-state index contributed by atoms with van der Waals surface area (Å²) in [6, 6.07) is 12.3. The minimum atomic E-state index is -0.421. The molecule has 0 aliphatic heterocycles. The van der Waals surface area contributed by atoms with E-state index in [9.17, 15) is 10.1 Å². The number of hydrogen-bond acceptors (Lipinski definition) is 5. The predicted octanol–water partition coefficient (Wildman–Crippen LogP) is 3.25. The molecule has 104 valence electrons. The largest absolute Gasteiger partial charge is 0.373 e. The SMILES string of the molecule is CNc1ccc([N+](=O)[O-])c(-c2ccc3ncccc3c2)n1. The van der Waals surface area contributed by atoms with Gasteiger partial charge in [-0.05, 0) is 24.3 Å². The summed E-state index contributed by atoms with van der Waals surface area (Å²) in [5, 5.41) is 15.0. The van der Waals surface area contributed by atoms with Gasteiger partial charge in [-0.25, -0.2) is 4.98 Å². The fourth-order valence-corrected chi connectivity index (χ4v) is 2.17. The highest BCUT2D eigenvalue weighted by molar-refractivity contribution is 5.85. The summed E-state index contributed by atoms with van der Waals surface area (Å²) in [4.78, 5) is 19.3. The third kappa shape index (κ3) is 2.38. The van der Waals surface area contributed by atoms with Gasteiger partial charge in [-0.3, -0.25) is 15.1 Å². The van der Waals surface area contributed by atoms with Gasteiger partial charge in [0.05, 0.1) is 10.4 Å². The van der Waals surface area contributed by atoms with Crippen LogP contribution in [-0.2, 0) is 0 Å². The Kier molecular flexibility index (Phi) is 3.19. The first-order valence-electron chi connectivity index (χ1n) is 6.37. The number of rotatable bonds is 3. The molecule has 3 aromatic rings. The number of nitrogens with zero attached hydrogens (tertiary/aromatic N) is 3. The molecule has 21 heavy (non-hydrogen) atoms. The molecule has 0 aliphatic rings. The summed E-state index contributed by atoms with van der Waals surface area (Å²) >= 11 is 0. The van der Waals surface area contributed by atoms with Gasteiger partial charge in [0.25, 0.3) is 5.69 Å². The van der Waals surface area contributed by atoms with Crippen LogP contribution in [0, 0.1) is 10.1 Å². The van der Waals surface area contributed by atoms with Crippen molar-refractivity contribution in [3.05, 3.63) is 58.8 Å². The predicted molar refractivity (Wildman–Crippen MR) is 81.2 cm³/mol. The van der Waals surface area contributed by atoms with Crippen LogP contribution in [0.15, 0.2) is 48.7 Å². The molecule has 6 heteroatoms. The second kappa shape index (κ2) is 5.16. The van der Waals surface area contributed by atoms with Crippen LogP contribution in [0.1, 0.15) is 0 Å². The topological polar surface area (TPSA) is 81.0 Å². The number of anilines is 1. The molecule has 0 saturated heterocycles. The van der Waals surface area contributed by atoms with Crippen LogP contribution in [0.25, 0.3) is 22.2 Å². The zero-order valence-corrected chi connectivity index (χ0v) is 11.3. The lowest BCUT2D eigenvalue weighted by Gasteiger charge is -2.06. The summed E-state index contributed by atoms with van der Waals surface area (Å²) < 4.78 is 0. The molecular weight excluding hydrogens is 268 g/mol. The number of aromatic nitrogens is 2. The molecule has 0 bridgehead atoms. The third-order valence-corrected chi connectivity index (χ3v) is 3.20. The molecule has 6 nitrogen and oxygen atoms in total. The number of nitro groups is 1. The molecule has 0 spiro atoms. The van der Waals surface area contributed by atoms with Gasteiger partial charge >= 0.3 is 0 Å². The van der Waals surface area contributed by atoms with Crippen molar-refractivity contribution >= 4 is 22.4 Å². The Hall–Kier alpha value is -3.02. The van der Waals surface area contributed by atoms with Crippen molar-refractivity contribution in [3.8, 4) is 11.3 Å². The molecule has 0 radical (unpaired) electrons. The standard InChI is InChI=1S/C15H12N4O2/c1-16-14-7-6-13(19(20)21)15(18-14)11-4-5-12-10(9-11)3-2-8-17-12/h2-9H,1H3,(H,16,18). The number of nitrogens with one attached hydrogen (secondary N) is 1. The van der Waals surface area contributed by atoms with Crippen LogP contribution in [0.4, 0.5) is 11.5 Å². The number of fused-ring (bicyclic) bond motifs is 1. The van der Waals surface area contributed by atoms with Gasteiger partial charge < -0.3 is 5.32 Å². The van der Waals surface area contributed by atoms with Crippen molar-refractivity contribution in [1.82, 2.24) is 9.97 Å². The first-order valence-corrected chi connectivity index (χ1v) is 6.37. The normalized spacial score (nSPS) is 10.5. The molecule has 3 rings (SSSR count). The van der Waals surface area contributed by atoms with E-state index >= 15 is 0 Å². The Morgan fingerprint density at radius 3 is 2.81 bits per heavy atom. The summed E-state index contributed by atoms with van der Waals surface area (Å²) in [6.07, 6.45) is 1.71. The maximum Gasteiger partial charge on any atom is 0.295 e. The minimum absolute atomic E-state index is 0.0164. The van der Waals surface area contributed by atoms with Crippen LogP contribution < -0.4 is 5.32 Å². The molecule has 0 aliphatic carbocycles. The molecule has 2 aromatic heterocycles. The van der Waals surface area contributed by atoms with Crippen LogP contribution in [0.5, 0.6) is 0 Å². The Balaban J connectivity index is 2.22. The average Bonchev–Trinajstić information content (AvgIpc) is 2.53. The summed E-state index contributed by atoms with van der Waals surface area (Å²) in [5.41, 5.74) is 1.86. The second-order valence-electron chi connectivity index (χ2n) is 4.48. The van der Waals surface area contributed by atoms with Crippen molar-refractivity contribution in [3.63, 3.8) is 0 Å². The average molecular weight is 280 g/mol. The Bertz CT molecular complexity index is 833. The van der Waals surface area contributed by atoms with Gasteiger partial charge in [-0.15, -0.1) is 0 Å². The van der Waals surface area contributed by atoms with E-state index in [2.05, 4.69) is 15.3 Å². The van der Waals surface area contributed by atoms with Crippen LogP contribution in [0.3, 0.4) is 0 Å². The van der Waals surface area contributed by atoms with Gasteiger partial charge in [0.2, 0.25) is 0 Å². The van der Waals surface area contributed by atoms with Gasteiger partial charge in [-0.1, -0.05) is 12.1 Å². The first-order chi connectivity index (χ1) is 10.2. The van der Waals surface area contributed by atoms with E-state index in [-0.39, 0.29) is 5.69 Å². The Morgan fingerprint density at radius 1 is 1.19 bits per heavy atom. The molecule has 0 fully saturated rings. The first kappa shape index (κ1) is 13.0. The maximum atomic E-state index is 11.2. The number of benzene rings is 1. The lowest BCUT2D eigenvalue weighted by molar-refractivity contribution is -0.384. The van der Waals surface area contributed by atoms with Crippen LogP contribution >= 0.6 is 0 Å². The summed E-state index contributed by atoms with van der Waals surface area (Å²) in [5.74, 6) is 0.585. The molecule has 2 heterocycles. The molecule has 0 amide bonds. The van der Waals surface area contributed by atoms with Gasteiger partial charge in [0, 0.05) is 30.3 Å². The van der Waals surface area contributed by atoms with Crippen LogP contribution in [0.2, 0.25) is 0 Å².